The molecule has 2 N–H and O–H groups in total. The first-order valence-corrected chi connectivity index (χ1v) is 5.76. The lowest BCUT2D eigenvalue weighted by Gasteiger charge is -2.20. The maximum Gasteiger partial charge on any atom is 0.0741 e. The summed E-state index contributed by atoms with van der Waals surface area (Å²) >= 11 is 6.11. The van der Waals surface area contributed by atoms with Gasteiger partial charge in [0.2, 0.25) is 0 Å². The molecule has 2 rings (SSSR count). The van der Waals surface area contributed by atoms with Gasteiger partial charge in [0.05, 0.1) is 22.9 Å². The van der Waals surface area contributed by atoms with E-state index in [0.717, 1.165) is 35.5 Å². The summed E-state index contributed by atoms with van der Waals surface area (Å²) < 4.78 is 0. The second-order valence-electron chi connectivity index (χ2n) is 4.18. The Morgan fingerprint density at radius 3 is 2.80 bits per heavy atom. The number of benzene rings is 1. The fourth-order valence-corrected chi connectivity index (χ4v) is 2.39. The molecule has 1 aliphatic rings. The highest BCUT2D eigenvalue weighted by atomic mass is 35.5. The van der Waals surface area contributed by atoms with Crippen LogP contribution in [0.2, 0.25) is 5.02 Å². The van der Waals surface area contributed by atoms with Crippen molar-refractivity contribution >= 4 is 17.3 Å². The van der Waals surface area contributed by atoms with Gasteiger partial charge in [0.1, 0.15) is 0 Å². The van der Waals surface area contributed by atoms with Crippen LogP contribution >= 0.6 is 11.6 Å². The minimum absolute atomic E-state index is 0.156. The van der Waals surface area contributed by atoms with Gasteiger partial charge in [-0.05, 0) is 37.8 Å². The zero-order valence-corrected chi connectivity index (χ0v) is 9.59. The third-order valence-electron chi connectivity index (χ3n) is 3.03. The number of halogens is 1. The van der Waals surface area contributed by atoms with Crippen molar-refractivity contribution < 1.29 is 5.11 Å². The summed E-state index contributed by atoms with van der Waals surface area (Å²) in [6, 6.07) is 5.99. The highest BCUT2D eigenvalue weighted by Gasteiger charge is 2.25. The standard InChI is InChI=1S/C12H16ClNO/c1-8-4-2-5-9(13)12(8)14-10-6-3-7-11(10)15/h2,4-5,10-11,14-15H,3,6-7H2,1H3/t10-,11-/m0/s1. The first-order chi connectivity index (χ1) is 7.18. The molecule has 0 aromatic heterocycles. The number of para-hydroxylation sites is 1. The maximum atomic E-state index is 9.73. The van der Waals surface area contributed by atoms with Gasteiger partial charge in [-0.1, -0.05) is 23.7 Å². The number of aliphatic hydroxyl groups is 1. The second kappa shape index (κ2) is 4.42. The smallest absolute Gasteiger partial charge is 0.0741 e. The third-order valence-corrected chi connectivity index (χ3v) is 3.35. The minimum atomic E-state index is -0.235. The number of aryl methyl sites for hydroxylation is 1. The predicted octanol–water partition coefficient (Wildman–Crippen LogP) is 2.97. The average Bonchev–Trinajstić information content (AvgIpc) is 2.58. The van der Waals surface area contributed by atoms with Gasteiger partial charge in [-0.25, -0.2) is 0 Å². The van der Waals surface area contributed by atoms with Crippen LogP contribution in [0.3, 0.4) is 0 Å². The second-order valence-corrected chi connectivity index (χ2v) is 4.59. The Morgan fingerprint density at radius 1 is 1.40 bits per heavy atom. The van der Waals surface area contributed by atoms with Gasteiger partial charge < -0.3 is 10.4 Å². The molecule has 2 nitrogen and oxygen atoms in total. The zero-order chi connectivity index (χ0) is 10.8. The minimum Gasteiger partial charge on any atom is -0.391 e. The molecular formula is C12H16ClNO. The Hall–Kier alpha value is -0.730. The number of hydrogen-bond acceptors (Lipinski definition) is 2. The average molecular weight is 226 g/mol. The summed E-state index contributed by atoms with van der Waals surface area (Å²) in [6.07, 6.45) is 2.76. The lowest BCUT2D eigenvalue weighted by Crippen LogP contribution is -2.28. The van der Waals surface area contributed by atoms with Gasteiger partial charge in [0, 0.05) is 0 Å². The van der Waals surface area contributed by atoms with Crippen molar-refractivity contribution in [3.8, 4) is 0 Å². The Bertz CT molecular complexity index is 333. The van der Waals surface area contributed by atoms with Crippen LogP contribution in [0, 0.1) is 6.92 Å². The van der Waals surface area contributed by atoms with E-state index in [-0.39, 0.29) is 12.1 Å². The lowest BCUT2D eigenvalue weighted by molar-refractivity contribution is 0.172. The number of nitrogens with one attached hydrogen (secondary N) is 1. The molecule has 0 aliphatic heterocycles. The molecule has 15 heavy (non-hydrogen) atoms. The summed E-state index contributed by atoms with van der Waals surface area (Å²) in [5.41, 5.74) is 2.09. The SMILES string of the molecule is Cc1cccc(Cl)c1N[C@H]1CCC[C@@H]1O. The van der Waals surface area contributed by atoms with Crippen molar-refractivity contribution in [1.82, 2.24) is 0 Å². The molecule has 1 aromatic rings. The third kappa shape index (κ3) is 2.27. The van der Waals surface area contributed by atoms with Gasteiger partial charge in [0.15, 0.2) is 0 Å². The van der Waals surface area contributed by atoms with Crippen LogP contribution < -0.4 is 5.32 Å². The fourth-order valence-electron chi connectivity index (χ4n) is 2.11. The zero-order valence-electron chi connectivity index (χ0n) is 8.83. The van der Waals surface area contributed by atoms with Crippen molar-refractivity contribution in [2.24, 2.45) is 0 Å². The van der Waals surface area contributed by atoms with Crippen molar-refractivity contribution in [2.45, 2.75) is 38.3 Å². The molecule has 1 fully saturated rings. The topological polar surface area (TPSA) is 32.3 Å². The molecule has 0 bridgehead atoms. The largest absolute Gasteiger partial charge is 0.391 e. The van der Waals surface area contributed by atoms with Gasteiger partial charge in [-0.3, -0.25) is 0 Å². The van der Waals surface area contributed by atoms with E-state index in [1.807, 2.05) is 25.1 Å². The molecule has 82 valence electrons. The Balaban J connectivity index is 2.16. The van der Waals surface area contributed by atoms with E-state index in [0.29, 0.717) is 0 Å². The Labute approximate surface area is 95.3 Å². The van der Waals surface area contributed by atoms with Crippen molar-refractivity contribution in [2.75, 3.05) is 5.32 Å². The van der Waals surface area contributed by atoms with Crippen LogP contribution in [0.5, 0.6) is 0 Å². The molecule has 0 radical (unpaired) electrons. The summed E-state index contributed by atoms with van der Waals surface area (Å²) in [5.74, 6) is 0. The highest BCUT2D eigenvalue weighted by molar-refractivity contribution is 6.33. The Morgan fingerprint density at radius 2 is 2.20 bits per heavy atom. The molecule has 0 heterocycles. The van der Waals surface area contributed by atoms with Crippen LogP contribution in [-0.2, 0) is 0 Å². The summed E-state index contributed by atoms with van der Waals surface area (Å²) in [6.45, 7) is 2.02. The van der Waals surface area contributed by atoms with Gasteiger partial charge in [0.25, 0.3) is 0 Å². The van der Waals surface area contributed by atoms with E-state index in [1.165, 1.54) is 0 Å². The van der Waals surface area contributed by atoms with E-state index in [4.69, 9.17) is 11.6 Å². The van der Waals surface area contributed by atoms with Crippen molar-refractivity contribution in [3.63, 3.8) is 0 Å². The number of aliphatic hydroxyl groups excluding tert-OH is 1. The van der Waals surface area contributed by atoms with Crippen molar-refractivity contribution in [1.29, 1.82) is 0 Å². The number of rotatable bonds is 2. The van der Waals surface area contributed by atoms with E-state index in [2.05, 4.69) is 5.32 Å². The van der Waals surface area contributed by atoms with Gasteiger partial charge in [-0.2, -0.15) is 0 Å². The van der Waals surface area contributed by atoms with Gasteiger partial charge in [-0.15, -0.1) is 0 Å². The van der Waals surface area contributed by atoms with Crippen LogP contribution in [0.4, 0.5) is 5.69 Å². The van der Waals surface area contributed by atoms with E-state index in [1.54, 1.807) is 0 Å². The molecule has 0 unspecified atom stereocenters. The molecule has 3 heteroatoms. The molecular weight excluding hydrogens is 210 g/mol. The molecule has 1 aliphatic carbocycles. The molecule has 0 amide bonds. The number of hydrogen-bond donors (Lipinski definition) is 2. The first-order valence-electron chi connectivity index (χ1n) is 5.38. The van der Waals surface area contributed by atoms with Crippen LogP contribution in [0.25, 0.3) is 0 Å². The molecule has 0 spiro atoms. The molecule has 2 atom stereocenters. The summed E-state index contributed by atoms with van der Waals surface area (Å²) in [7, 11) is 0. The van der Waals surface area contributed by atoms with E-state index >= 15 is 0 Å². The van der Waals surface area contributed by atoms with E-state index < -0.39 is 0 Å². The summed E-state index contributed by atoms with van der Waals surface area (Å²) in [5, 5.41) is 13.8. The predicted molar refractivity (Wildman–Crippen MR) is 63.5 cm³/mol. The monoisotopic (exact) mass is 225 g/mol. The fraction of sp³-hybridized carbons (Fsp3) is 0.500. The first kappa shape index (κ1) is 10.8. The summed E-state index contributed by atoms with van der Waals surface area (Å²) in [4.78, 5) is 0. The highest BCUT2D eigenvalue weighted by Crippen LogP contribution is 2.29. The maximum absolute atomic E-state index is 9.73. The van der Waals surface area contributed by atoms with Gasteiger partial charge >= 0.3 is 0 Å². The quantitative estimate of drug-likeness (QED) is 0.811. The molecule has 1 saturated carbocycles. The van der Waals surface area contributed by atoms with Crippen LogP contribution in [0.15, 0.2) is 18.2 Å². The lowest BCUT2D eigenvalue weighted by atomic mass is 10.1. The number of anilines is 1. The Kier molecular flexibility index (Phi) is 3.17. The van der Waals surface area contributed by atoms with E-state index in [9.17, 15) is 5.11 Å². The normalized spacial score (nSPS) is 25.5. The molecule has 1 aromatic carbocycles. The van der Waals surface area contributed by atoms with Crippen molar-refractivity contribution in [3.05, 3.63) is 28.8 Å². The van der Waals surface area contributed by atoms with Crippen LogP contribution in [0.1, 0.15) is 24.8 Å². The molecule has 0 saturated heterocycles. The van der Waals surface area contributed by atoms with Crippen LogP contribution in [-0.4, -0.2) is 17.3 Å².